The van der Waals surface area contributed by atoms with Gasteiger partial charge in [-0.2, -0.15) is 0 Å². The Hall–Kier alpha value is -1.37. The predicted octanol–water partition coefficient (Wildman–Crippen LogP) is 1.89. The fourth-order valence-electron chi connectivity index (χ4n) is 2.60. The van der Waals surface area contributed by atoms with Gasteiger partial charge in [0.2, 0.25) is 11.8 Å². The Balaban J connectivity index is 0.00000242. The first-order valence-electron chi connectivity index (χ1n) is 7.37. The van der Waals surface area contributed by atoms with Gasteiger partial charge in [-0.3, -0.25) is 14.6 Å². The second-order valence-electron chi connectivity index (χ2n) is 5.44. The number of halogens is 2. The molecule has 0 bridgehead atoms. The molecule has 8 heteroatoms. The smallest absolute Gasteiger partial charge is 0.226 e. The molecule has 0 unspecified atom stereocenters. The lowest BCUT2D eigenvalue weighted by molar-refractivity contribution is -0.122. The minimum absolute atomic E-state index is 0. The van der Waals surface area contributed by atoms with E-state index in [0.717, 1.165) is 19.3 Å². The summed E-state index contributed by atoms with van der Waals surface area (Å²) in [6.07, 6.45) is 7.08. The molecule has 1 heterocycles. The molecule has 1 aromatic heterocycles. The maximum Gasteiger partial charge on any atom is 0.226 e. The largest absolute Gasteiger partial charge is 0.356 e. The molecule has 1 aromatic rings. The molecule has 2 rings (SSSR count). The number of carbonyl (C=O) groups is 2. The predicted molar refractivity (Wildman–Crippen MR) is 94.9 cm³/mol. The Bertz CT molecular complexity index is 488. The Morgan fingerprint density at radius 2 is 1.87 bits per heavy atom. The molecule has 1 fully saturated rings. The summed E-state index contributed by atoms with van der Waals surface area (Å²) in [5.74, 6) is 0.142. The third-order valence-electron chi connectivity index (χ3n) is 3.80. The van der Waals surface area contributed by atoms with Gasteiger partial charge in [0.25, 0.3) is 0 Å². The van der Waals surface area contributed by atoms with Crippen LogP contribution in [0.2, 0.25) is 0 Å². The van der Waals surface area contributed by atoms with Gasteiger partial charge >= 0.3 is 0 Å². The van der Waals surface area contributed by atoms with Crippen molar-refractivity contribution in [3.05, 3.63) is 24.5 Å². The Morgan fingerprint density at radius 3 is 2.48 bits per heavy atom. The number of rotatable bonds is 6. The number of carbonyl (C=O) groups excluding carboxylic acids is 2. The molecule has 130 valence electrons. The zero-order chi connectivity index (χ0) is 15.1. The maximum atomic E-state index is 11.8. The van der Waals surface area contributed by atoms with Crippen LogP contribution < -0.4 is 16.4 Å². The van der Waals surface area contributed by atoms with Crippen molar-refractivity contribution in [1.82, 2.24) is 10.3 Å². The second-order valence-corrected chi connectivity index (χ2v) is 5.44. The van der Waals surface area contributed by atoms with Crippen LogP contribution in [-0.2, 0) is 9.59 Å². The number of nitrogens with zero attached hydrogens (tertiary/aromatic N) is 1. The summed E-state index contributed by atoms with van der Waals surface area (Å²) < 4.78 is 0. The van der Waals surface area contributed by atoms with E-state index in [1.54, 1.807) is 24.5 Å². The molecule has 1 aliphatic carbocycles. The van der Waals surface area contributed by atoms with Crippen molar-refractivity contribution in [3.63, 3.8) is 0 Å². The molecule has 6 nitrogen and oxygen atoms in total. The van der Waals surface area contributed by atoms with E-state index in [4.69, 9.17) is 5.73 Å². The Kier molecular flexibility index (Phi) is 10.5. The quantitative estimate of drug-likeness (QED) is 0.719. The van der Waals surface area contributed by atoms with Crippen molar-refractivity contribution in [2.45, 2.75) is 38.1 Å². The third kappa shape index (κ3) is 7.63. The van der Waals surface area contributed by atoms with Crippen LogP contribution in [-0.4, -0.2) is 29.4 Å². The fraction of sp³-hybridized carbons (Fsp3) is 0.533. The zero-order valence-electron chi connectivity index (χ0n) is 12.9. The van der Waals surface area contributed by atoms with Crippen molar-refractivity contribution >= 4 is 42.3 Å². The topological polar surface area (TPSA) is 97.1 Å². The second kappa shape index (κ2) is 11.2. The Morgan fingerprint density at radius 1 is 1.17 bits per heavy atom. The molecule has 0 saturated heterocycles. The lowest BCUT2D eigenvalue weighted by Crippen LogP contribution is -2.33. The van der Waals surface area contributed by atoms with Gasteiger partial charge in [-0.15, -0.1) is 24.8 Å². The van der Waals surface area contributed by atoms with E-state index in [-0.39, 0.29) is 55.0 Å². The van der Waals surface area contributed by atoms with E-state index in [1.807, 2.05) is 0 Å². The molecule has 4 N–H and O–H groups in total. The highest BCUT2D eigenvalue weighted by molar-refractivity contribution is 5.91. The number of anilines is 1. The number of nitrogens with two attached hydrogens (primary N) is 1. The van der Waals surface area contributed by atoms with Gasteiger partial charge in [0, 0.05) is 43.5 Å². The molecule has 2 atom stereocenters. The van der Waals surface area contributed by atoms with Gasteiger partial charge in [0.05, 0.1) is 0 Å². The first kappa shape index (κ1) is 21.6. The van der Waals surface area contributed by atoms with Crippen LogP contribution >= 0.6 is 24.8 Å². The fourth-order valence-corrected chi connectivity index (χ4v) is 2.60. The van der Waals surface area contributed by atoms with Gasteiger partial charge in [-0.25, -0.2) is 0 Å². The minimum atomic E-state index is -0.126. The van der Waals surface area contributed by atoms with Crippen molar-refractivity contribution in [2.24, 2.45) is 11.7 Å². The van der Waals surface area contributed by atoms with Crippen LogP contribution in [0.1, 0.15) is 32.1 Å². The molecule has 2 amide bonds. The van der Waals surface area contributed by atoms with E-state index >= 15 is 0 Å². The summed E-state index contributed by atoms with van der Waals surface area (Å²) in [6, 6.07) is 3.58. The summed E-state index contributed by atoms with van der Waals surface area (Å²) in [6.45, 7) is 0.345. The van der Waals surface area contributed by atoms with Gasteiger partial charge in [0.15, 0.2) is 0 Å². The third-order valence-corrected chi connectivity index (χ3v) is 3.80. The lowest BCUT2D eigenvalue weighted by Gasteiger charge is -2.14. The zero-order valence-corrected chi connectivity index (χ0v) is 14.5. The van der Waals surface area contributed by atoms with Crippen LogP contribution in [0.3, 0.4) is 0 Å². The van der Waals surface area contributed by atoms with Crippen molar-refractivity contribution in [2.75, 3.05) is 11.9 Å². The first-order chi connectivity index (χ1) is 10.1. The van der Waals surface area contributed by atoms with E-state index in [1.165, 1.54) is 0 Å². The molecule has 0 spiro atoms. The molecule has 0 radical (unpaired) electrons. The first-order valence-corrected chi connectivity index (χ1v) is 7.37. The summed E-state index contributed by atoms with van der Waals surface area (Å²) in [7, 11) is 0. The van der Waals surface area contributed by atoms with E-state index in [2.05, 4.69) is 15.6 Å². The number of pyridine rings is 1. The summed E-state index contributed by atoms with van der Waals surface area (Å²) in [4.78, 5) is 27.3. The van der Waals surface area contributed by atoms with Crippen LogP contribution in [0.15, 0.2) is 24.5 Å². The number of hydrogen-bond acceptors (Lipinski definition) is 4. The normalized spacial score (nSPS) is 19.2. The Labute approximate surface area is 148 Å². The summed E-state index contributed by atoms with van der Waals surface area (Å²) >= 11 is 0. The van der Waals surface area contributed by atoms with E-state index < -0.39 is 0 Å². The highest BCUT2D eigenvalue weighted by atomic mass is 35.5. The highest BCUT2D eigenvalue weighted by Crippen LogP contribution is 2.26. The molecule has 1 saturated carbocycles. The minimum Gasteiger partial charge on any atom is -0.356 e. The maximum absolute atomic E-state index is 11.8. The number of amides is 2. The average Bonchev–Trinajstić information content (AvgIpc) is 2.85. The molecule has 0 aliphatic heterocycles. The van der Waals surface area contributed by atoms with Gasteiger partial charge in [-0.05, 0) is 30.9 Å². The molecule has 0 aromatic carbocycles. The van der Waals surface area contributed by atoms with Crippen LogP contribution in [0.5, 0.6) is 0 Å². The number of aromatic nitrogens is 1. The molecule has 1 aliphatic rings. The SMILES string of the molecule is Cl.Cl.N[C@@H]1CCC[C@H]1CC(=O)NCCC(=O)Nc1ccncc1. The van der Waals surface area contributed by atoms with E-state index in [9.17, 15) is 9.59 Å². The highest BCUT2D eigenvalue weighted by Gasteiger charge is 2.25. The van der Waals surface area contributed by atoms with Crippen molar-refractivity contribution in [3.8, 4) is 0 Å². The van der Waals surface area contributed by atoms with Crippen LogP contribution in [0, 0.1) is 5.92 Å². The van der Waals surface area contributed by atoms with Crippen LogP contribution in [0.4, 0.5) is 5.69 Å². The summed E-state index contributed by atoms with van der Waals surface area (Å²) in [5, 5.41) is 5.52. The molecular weight excluding hydrogens is 339 g/mol. The number of hydrogen-bond donors (Lipinski definition) is 3. The van der Waals surface area contributed by atoms with Crippen molar-refractivity contribution in [1.29, 1.82) is 0 Å². The summed E-state index contributed by atoms with van der Waals surface area (Å²) in [5.41, 5.74) is 6.65. The lowest BCUT2D eigenvalue weighted by atomic mass is 10.00. The van der Waals surface area contributed by atoms with E-state index in [0.29, 0.717) is 18.7 Å². The van der Waals surface area contributed by atoms with Gasteiger partial charge in [0.1, 0.15) is 0 Å². The number of nitrogens with one attached hydrogen (secondary N) is 2. The molecule has 23 heavy (non-hydrogen) atoms. The van der Waals surface area contributed by atoms with Gasteiger partial charge in [-0.1, -0.05) is 6.42 Å². The van der Waals surface area contributed by atoms with Crippen LogP contribution in [0.25, 0.3) is 0 Å². The average molecular weight is 363 g/mol. The monoisotopic (exact) mass is 362 g/mol. The van der Waals surface area contributed by atoms with Crippen molar-refractivity contribution < 1.29 is 9.59 Å². The molecular formula is C15H24Cl2N4O2. The van der Waals surface area contributed by atoms with Gasteiger partial charge < -0.3 is 16.4 Å². The standard InChI is InChI=1S/C15H22N4O2.2ClH/c16-13-3-1-2-11(13)10-15(21)18-9-6-14(20)19-12-4-7-17-8-5-12;;/h4-5,7-8,11,13H,1-3,6,9-10,16H2,(H,18,21)(H,17,19,20);2*1H/t11-,13+;;/m0../s1.